The molecule has 1 aliphatic rings. The van der Waals surface area contributed by atoms with Crippen molar-refractivity contribution in [3.05, 3.63) is 33.8 Å². The summed E-state index contributed by atoms with van der Waals surface area (Å²) in [6.07, 6.45) is 0.377. The van der Waals surface area contributed by atoms with E-state index in [2.05, 4.69) is 5.32 Å². The molecule has 0 spiro atoms. The van der Waals surface area contributed by atoms with Crippen molar-refractivity contribution in [3.63, 3.8) is 0 Å². The van der Waals surface area contributed by atoms with E-state index in [1.807, 2.05) is 0 Å². The lowest BCUT2D eigenvalue weighted by Crippen LogP contribution is -2.41. The van der Waals surface area contributed by atoms with Crippen molar-refractivity contribution in [2.24, 2.45) is 0 Å². The topological polar surface area (TPSA) is 58.6 Å². The van der Waals surface area contributed by atoms with Crippen LogP contribution in [0.15, 0.2) is 18.2 Å². The quantitative estimate of drug-likeness (QED) is 0.891. The maximum Gasteiger partial charge on any atom is 0.223 e. The van der Waals surface area contributed by atoms with Gasteiger partial charge in [-0.25, -0.2) is 0 Å². The molecule has 1 heterocycles. The van der Waals surface area contributed by atoms with Crippen LogP contribution in [0.4, 0.5) is 0 Å². The third-order valence-corrected chi connectivity index (χ3v) is 4.01. The SMILES string of the molecule is O=C(CCC(=O)N1CCOCC1)NCc1ccc(Cl)cc1Cl. The fourth-order valence-corrected chi connectivity index (χ4v) is 2.61. The summed E-state index contributed by atoms with van der Waals surface area (Å²) < 4.78 is 5.19. The van der Waals surface area contributed by atoms with Gasteiger partial charge >= 0.3 is 0 Å². The fourth-order valence-electron chi connectivity index (χ4n) is 2.14. The third kappa shape index (κ3) is 5.16. The van der Waals surface area contributed by atoms with Gasteiger partial charge in [0.15, 0.2) is 0 Å². The Morgan fingerprint density at radius 2 is 1.91 bits per heavy atom. The van der Waals surface area contributed by atoms with Crippen LogP contribution in [0.2, 0.25) is 10.0 Å². The molecular formula is C15H18Cl2N2O3. The monoisotopic (exact) mass is 344 g/mol. The average Bonchev–Trinajstić information content (AvgIpc) is 2.52. The highest BCUT2D eigenvalue weighted by Gasteiger charge is 2.17. The van der Waals surface area contributed by atoms with E-state index in [-0.39, 0.29) is 24.7 Å². The summed E-state index contributed by atoms with van der Waals surface area (Å²) in [5.41, 5.74) is 0.791. The summed E-state index contributed by atoms with van der Waals surface area (Å²) in [7, 11) is 0. The van der Waals surface area contributed by atoms with Gasteiger partial charge in [0.05, 0.1) is 13.2 Å². The van der Waals surface area contributed by atoms with Crippen molar-refractivity contribution in [2.45, 2.75) is 19.4 Å². The Morgan fingerprint density at radius 3 is 2.59 bits per heavy atom. The number of hydrogen-bond acceptors (Lipinski definition) is 3. The molecule has 0 unspecified atom stereocenters. The minimum absolute atomic E-state index is 0.0111. The number of rotatable bonds is 5. The number of ether oxygens (including phenoxy) is 1. The molecule has 2 amide bonds. The Labute approximate surface area is 139 Å². The summed E-state index contributed by atoms with van der Waals surface area (Å²) >= 11 is 11.8. The van der Waals surface area contributed by atoms with E-state index in [0.717, 1.165) is 5.56 Å². The van der Waals surface area contributed by atoms with Gasteiger partial charge in [0, 0.05) is 42.5 Å². The first kappa shape index (κ1) is 17.1. The molecule has 5 nitrogen and oxygen atoms in total. The smallest absolute Gasteiger partial charge is 0.223 e. The Kier molecular flexibility index (Phi) is 6.49. The van der Waals surface area contributed by atoms with E-state index in [4.69, 9.17) is 27.9 Å². The van der Waals surface area contributed by atoms with Gasteiger partial charge in [-0.15, -0.1) is 0 Å². The van der Waals surface area contributed by atoms with Crippen LogP contribution in [-0.4, -0.2) is 43.0 Å². The van der Waals surface area contributed by atoms with Gasteiger partial charge in [-0.05, 0) is 17.7 Å². The van der Waals surface area contributed by atoms with E-state index >= 15 is 0 Å². The molecule has 120 valence electrons. The number of morpholine rings is 1. The van der Waals surface area contributed by atoms with Crippen molar-refractivity contribution in [3.8, 4) is 0 Å². The molecule has 1 fully saturated rings. The Balaban J connectivity index is 1.72. The van der Waals surface area contributed by atoms with Gasteiger partial charge in [0.2, 0.25) is 11.8 Å². The second-order valence-electron chi connectivity index (χ2n) is 5.01. The van der Waals surface area contributed by atoms with E-state index in [1.54, 1.807) is 23.1 Å². The Hall–Kier alpha value is -1.30. The molecule has 1 aromatic rings. The van der Waals surface area contributed by atoms with Gasteiger partial charge in [0.25, 0.3) is 0 Å². The minimum Gasteiger partial charge on any atom is -0.378 e. The summed E-state index contributed by atoms with van der Waals surface area (Å²) in [6.45, 7) is 2.64. The predicted octanol–water partition coefficient (Wildman–Crippen LogP) is 2.25. The maximum absolute atomic E-state index is 11.9. The Bertz CT molecular complexity index is 546. The van der Waals surface area contributed by atoms with Gasteiger partial charge in [-0.2, -0.15) is 0 Å². The number of nitrogens with zero attached hydrogens (tertiary/aromatic N) is 1. The Morgan fingerprint density at radius 1 is 1.18 bits per heavy atom. The van der Waals surface area contributed by atoms with Gasteiger partial charge in [-0.1, -0.05) is 29.3 Å². The van der Waals surface area contributed by atoms with Crippen LogP contribution in [-0.2, 0) is 20.9 Å². The molecule has 0 aliphatic carbocycles. The van der Waals surface area contributed by atoms with Crippen molar-refractivity contribution in [1.82, 2.24) is 10.2 Å². The van der Waals surface area contributed by atoms with E-state index in [9.17, 15) is 9.59 Å². The summed E-state index contributed by atoms with van der Waals surface area (Å²) in [5, 5.41) is 3.82. The first-order chi connectivity index (χ1) is 10.6. The second-order valence-corrected chi connectivity index (χ2v) is 5.85. The molecule has 1 aliphatic heterocycles. The fraction of sp³-hybridized carbons (Fsp3) is 0.467. The van der Waals surface area contributed by atoms with Crippen LogP contribution < -0.4 is 5.32 Å². The minimum atomic E-state index is -0.173. The second kappa shape index (κ2) is 8.36. The summed E-state index contributed by atoms with van der Waals surface area (Å²) in [5.74, 6) is -0.185. The van der Waals surface area contributed by atoms with Crippen LogP contribution in [0.25, 0.3) is 0 Å². The van der Waals surface area contributed by atoms with Crippen molar-refractivity contribution >= 4 is 35.0 Å². The van der Waals surface area contributed by atoms with Gasteiger partial charge in [-0.3, -0.25) is 9.59 Å². The number of hydrogen-bond donors (Lipinski definition) is 1. The first-order valence-corrected chi connectivity index (χ1v) is 7.88. The van der Waals surface area contributed by atoms with Crippen LogP contribution in [0, 0.1) is 0 Å². The lowest BCUT2D eigenvalue weighted by molar-refractivity contribution is -0.137. The van der Waals surface area contributed by atoms with E-state index < -0.39 is 0 Å². The third-order valence-electron chi connectivity index (χ3n) is 3.42. The highest BCUT2D eigenvalue weighted by molar-refractivity contribution is 6.35. The molecular weight excluding hydrogens is 327 g/mol. The zero-order valence-corrected chi connectivity index (χ0v) is 13.6. The standard InChI is InChI=1S/C15H18Cl2N2O3/c16-12-2-1-11(13(17)9-12)10-18-14(20)3-4-15(21)19-5-7-22-8-6-19/h1-2,9H,3-8,10H2,(H,18,20). The van der Waals surface area contributed by atoms with Crippen LogP contribution in [0.1, 0.15) is 18.4 Å². The molecule has 1 aromatic carbocycles. The molecule has 1 saturated heterocycles. The number of amides is 2. The maximum atomic E-state index is 11.9. The average molecular weight is 345 g/mol. The number of benzene rings is 1. The van der Waals surface area contributed by atoms with Gasteiger partial charge < -0.3 is 15.0 Å². The first-order valence-electron chi connectivity index (χ1n) is 7.12. The van der Waals surface area contributed by atoms with Crippen LogP contribution >= 0.6 is 23.2 Å². The van der Waals surface area contributed by atoms with E-state index in [1.165, 1.54) is 0 Å². The zero-order chi connectivity index (χ0) is 15.9. The number of carbonyl (C=O) groups is 2. The highest BCUT2D eigenvalue weighted by atomic mass is 35.5. The molecule has 22 heavy (non-hydrogen) atoms. The molecule has 0 radical (unpaired) electrons. The lowest BCUT2D eigenvalue weighted by Gasteiger charge is -2.26. The number of halogens is 2. The molecule has 2 rings (SSSR count). The lowest BCUT2D eigenvalue weighted by atomic mass is 10.2. The molecule has 0 atom stereocenters. The van der Waals surface area contributed by atoms with Crippen LogP contribution in [0.3, 0.4) is 0 Å². The largest absolute Gasteiger partial charge is 0.378 e. The van der Waals surface area contributed by atoms with Crippen molar-refractivity contribution in [1.29, 1.82) is 0 Å². The van der Waals surface area contributed by atoms with Crippen LogP contribution in [0.5, 0.6) is 0 Å². The van der Waals surface area contributed by atoms with Crippen molar-refractivity contribution in [2.75, 3.05) is 26.3 Å². The molecule has 7 heteroatoms. The van der Waals surface area contributed by atoms with Crippen molar-refractivity contribution < 1.29 is 14.3 Å². The van der Waals surface area contributed by atoms with E-state index in [0.29, 0.717) is 42.9 Å². The summed E-state index contributed by atoms with van der Waals surface area (Å²) in [4.78, 5) is 25.5. The normalized spacial score (nSPS) is 14.7. The number of nitrogens with one attached hydrogen (secondary N) is 1. The summed E-state index contributed by atoms with van der Waals surface area (Å²) in [6, 6.07) is 5.12. The molecule has 0 bridgehead atoms. The molecule has 0 saturated carbocycles. The molecule has 1 N–H and O–H groups in total. The zero-order valence-electron chi connectivity index (χ0n) is 12.1. The number of carbonyl (C=O) groups excluding carboxylic acids is 2. The highest BCUT2D eigenvalue weighted by Crippen LogP contribution is 2.20. The van der Waals surface area contributed by atoms with Gasteiger partial charge in [0.1, 0.15) is 0 Å². The predicted molar refractivity (Wildman–Crippen MR) is 84.9 cm³/mol. The molecule has 0 aromatic heterocycles.